The highest BCUT2D eigenvalue weighted by Gasteiger charge is 2.33. The van der Waals surface area contributed by atoms with Crippen LogP contribution < -0.4 is 5.32 Å². The summed E-state index contributed by atoms with van der Waals surface area (Å²) in [6.07, 6.45) is 2.62. The maximum Gasteiger partial charge on any atom is 0.148 e. The molecule has 1 aliphatic rings. The van der Waals surface area contributed by atoms with E-state index in [0.717, 1.165) is 21.7 Å². The highest BCUT2D eigenvalue weighted by Crippen LogP contribution is 2.42. The molecule has 2 aromatic rings. The highest BCUT2D eigenvalue weighted by atomic mass is 79.9. The van der Waals surface area contributed by atoms with E-state index in [1.807, 2.05) is 7.05 Å². The summed E-state index contributed by atoms with van der Waals surface area (Å²) < 4.78 is 7.04. The molecule has 0 aliphatic heterocycles. The average Bonchev–Trinajstić information content (AvgIpc) is 3.00. The van der Waals surface area contributed by atoms with Crippen molar-refractivity contribution in [3.63, 3.8) is 0 Å². The molecule has 90 valence electrons. The molecular weight excluding hydrogens is 278 g/mol. The van der Waals surface area contributed by atoms with Crippen LogP contribution in [0.15, 0.2) is 27.1 Å². The van der Waals surface area contributed by atoms with Gasteiger partial charge in [0, 0.05) is 5.39 Å². The first-order valence-electron chi connectivity index (χ1n) is 6.06. The number of benzene rings is 1. The van der Waals surface area contributed by atoms with Crippen LogP contribution in [0.3, 0.4) is 0 Å². The molecule has 1 aromatic heterocycles. The average molecular weight is 294 g/mol. The number of halogens is 1. The van der Waals surface area contributed by atoms with Gasteiger partial charge in [-0.1, -0.05) is 0 Å². The fraction of sp³-hybridized carbons (Fsp3) is 0.429. The molecule has 1 fully saturated rings. The molecule has 0 spiro atoms. The second-order valence-electron chi connectivity index (χ2n) is 4.92. The summed E-state index contributed by atoms with van der Waals surface area (Å²) in [5, 5.41) is 4.55. The van der Waals surface area contributed by atoms with Crippen LogP contribution in [0.1, 0.15) is 30.2 Å². The van der Waals surface area contributed by atoms with Gasteiger partial charge in [-0.15, -0.1) is 0 Å². The third kappa shape index (κ3) is 2.02. The van der Waals surface area contributed by atoms with Crippen molar-refractivity contribution >= 4 is 26.9 Å². The molecule has 0 saturated heterocycles. The Morgan fingerprint density at radius 3 is 2.76 bits per heavy atom. The van der Waals surface area contributed by atoms with Gasteiger partial charge in [0.05, 0.1) is 10.5 Å². The summed E-state index contributed by atoms with van der Waals surface area (Å²) in [6.45, 7) is 2.10. The van der Waals surface area contributed by atoms with Crippen LogP contribution in [0.5, 0.6) is 0 Å². The van der Waals surface area contributed by atoms with Crippen LogP contribution in [0.4, 0.5) is 0 Å². The standard InChI is InChI=1S/C14H16BrNO/c1-8-5-10-7-12(13(16-2)9-3-4-9)17-14(10)11(15)6-8/h5-7,9,13,16H,3-4H2,1-2H3. The molecule has 1 N–H and O–H groups in total. The van der Waals surface area contributed by atoms with Gasteiger partial charge in [-0.2, -0.15) is 0 Å². The Labute approximate surface area is 110 Å². The lowest BCUT2D eigenvalue weighted by Gasteiger charge is -2.11. The van der Waals surface area contributed by atoms with Crippen LogP contribution in [0.25, 0.3) is 11.0 Å². The smallest absolute Gasteiger partial charge is 0.148 e. The minimum absolute atomic E-state index is 0.370. The molecule has 0 radical (unpaired) electrons. The quantitative estimate of drug-likeness (QED) is 0.919. The van der Waals surface area contributed by atoms with E-state index < -0.39 is 0 Å². The van der Waals surface area contributed by atoms with Gasteiger partial charge >= 0.3 is 0 Å². The third-order valence-corrected chi connectivity index (χ3v) is 4.03. The van der Waals surface area contributed by atoms with Crippen LogP contribution >= 0.6 is 15.9 Å². The van der Waals surface area contributed by atoms with E-state index in [0.29, 0.717) is 6.04 Å². The Hall–Kier alpha value is -0.800. The topological polar surface area (TPSA) is 25.2 Å². The second kappa shape index (κ2) is 4.14. The fourth-order valence-electron chi connectivity index (χ4n) is 2.46. The van der Waals surface area contributed by atoms with E-state index in [2.05, 4.69) is 46.4 Å². The van der Waals surface area contributed by atoms with Crippen molar-refractivity contribution in [1.82, 2.24) is 5.32 Å². The molecule has 1 unspecified atom stereocenters. The Morgan fingerprint density at radius 1 is 1.35 bits per heavy atom. The van der Waals surface area contributed by atoms with E-state index in [1.54, 1.807) is 0 Å². The van der Waals surface area contributed by atoms with Gasteiger partial charge in [-0.25, -0.2) is 0 Å². The molecular formula is C14H16BrNO. The minimum atomic E-state index is 0.370. The normalized spacial score (nSPS) is 17.6. The minimum Gasteiger partial charge on any atom is -0.458 e. The van der Waals surface area contributed by atoms with Gasteiger partial charge in [-0.05, 0) is 72.4 Å². The lowest BCUT2D eigenvalue weighted by molar-refractivity contribution is 0.419. The van der Waals surface area contributed by atoms with Crippen molar-refractivity contribution in [2.24, 2.45) is 5.92 Å². The Morgan fingerprint density at radius 2 is 2.12 bits per heavy atom. The zero-order chi connectivity index (χ0) is 12.0. The first kappa shape index (κ1) is 11.3. The van der Waals surface area contributed by atoms with E-state index in [1.165, 1.54) is 23.8 Å². The van der Waals surface area contributed by atoms with E-state index in [-0.39, 0.29) is 0 Å². The van der Waals surface area contributed by atoms with E-state index in [4.69, 9.17) is 4.42 Å². The first-order valence-corrected chi connectivity index (χ1v) is 6.85. The second-order valence-corrected chi connectivity index (χ2v) is 5.77. The summed E-state index contributed by atoms with van der Waals surface area (Å²) >= 11 is 3.57. The summed E-state index contributed by atoms with van der Waals surface area (Å²) in [6, 6.07) is 6.81. The Balaban J connectivity index is 2.09. The van der Waals surface area contributed by atoms with Gasteiger partial charge < -0.3 is 9.73 Å². The summed E-state index contributed by atoms with van der Waals surface area (Å²) in [5.41, 5.74) is 2.22. The van der Waals surface area contributed by atoms with Gasteiger partial charge in [0.2, 0.25) is 0 Å². The monoisotopic (exact) mass is 293 g/mol. The largest absolute Gasteiger partial charge is 0.458 e. The van der Waals surface area contributed by atoms with Crippen LogP contribution in [-0.4, -0.2) is 7.05 Å². The van der Waals surface area contributed by atoms with Gasteiger partial charge in [0.1, 0.15) is 11.3 Å². The Bertz CT molecular complexity index is 557. The number of fused-ring (bicyclic) bond motifs is 1. The molecule has 1 saturated carbocycles. The predicted molar refractivity (Wildman–Crippen MR) is 73.2 cm³/mol. The number of nitrogens with one attached hydrogen (secondary N) is 1. The molecule has 1 aliphatic carbocycles. The summed E-state index contributed by atoms with van der Waals surface area (Å²) in [5.74, 6) is 1.82. The van der Waals surface area contributed by atoms with Crippen LogP contribution in [0.2, 0.25) is 0 Å². The number of furan rings is 1. The fourth-order valence-corrected chi connectivity index (χ4v) is 3.14. The maximum atomic E-state index is 6.00. The van der Waals surface area contributed by atoms with Crippen molar-refractivity contribution in [2.45, 2.75) is 25.8 Å². The molecule has 17 heavy (non-hydrogen) atoms. The number of hydrogen-bond donors (Lipinski definition) is 1. The van der Waals surface area contributed by atoms with Crippen molar-refractivity contribution in [1.29, 1.82) is 0 Å². The number of aryl methyl sites for hydroxylation is 1. The van der Waals surface area contributed by atoms with E-state index >= 15 is 0 Å². The molecule has 0 amide bonds. The molecule has 1 aromatic carbocycles. The molecule has 1 atom stereocenters. The van der Waals surface area contributed by atoms with Crippen molar-refractivity contribution in [2.75, 3.05) is 7.05 Å². The van der Waals surface area contributed by atoms with E-state index in [9.17, 15) is 0 Å². The van der Waals surface area contributed by atoms with Crippen LogP contribution in [-0.2, 0) is 0 Å². The summed E-state index contributed by atoms with van der Waals surface area (Å²) in [4.78, 5) is 0. The van der Waals surface area contributed by atoms with Crippen LogP contribution in [0, 0.1) is 12.8 Å². The summed E-state index contributed by atoms with van der Waals surface area (Å²) in [7, 11) is 2.01. The Kier molecular flexibility index (Phi) is 2.75. The van der Waals surface area contributed by atoms with Crippen molar-refractivity contribution in [3.8, 4) is 0 Å². The predicted octanol–water partition coefficient (Wildman–Crippen LogP) is 4.17. The van der Waals surface area contributed by atoms with Gasteiger partial charge in [-0.3, -0.25) is 0 Å². The molecule has 2 nitrogen and oxygen atoms in total. The molecule has 3 heteroatoms. The van der Waals surface area contributed by atoms with Crippen molar-refractivity contribution < 1.29 is 4.42 Å². The molecule has 0 bridgehead atoms. The van der Waals surface area contributed by atoms with Crippen molar-refractivity contribution in [3.05, 3.63) is 34.0 Å². The molecule has 3 rings (SSSR count). The SMILES string of the molecule is CNC(c1cc2cc(C)cc(Br)c2o1)C1CC1. The van der Waals surface area contributed by atoms with Gasteiger partial charge in [0.25, 0.3) is 0 Å². The third-order valence-electron chi connectivity index (χ3n) is 3.45. The lowest BCUT2D eigenvalue weighted by atomic mass is 10.1. The first-order chi connectivity index (χ1) is 8.19. The lowest BCUT2D eigenvalue weighted by Crippen LogP contribution is -2.17. The zero-order valence-corrected chi connectivity index (χ0v) is 11.7. The highest BCUT2D eigenvalue weighted by molar-refractivity contribution is 9.10. The zero-order valence-electron chi connectivity index (χ0n) is 10.1. The maximum absolute atomic E-state index is 6.00. The molecule has 1 heterocycles. The van der Waals surface area contributed by atoms with Gasteiger partial charge in [0.15, 0.2) is 0 Å². The number of rotatable bonds is 3. The number of hydrogen-bond acceptors (Lipinski definition) is 2.